The molecule has 1 aliphatic heterocycles. The molecule has 0 spiro atoms. The average molecular weight is 255 g/mol. The number of fused-ring (bicyclic) bond motifs is 1. The summed E-state index contributed by atoms with van der Waals surface area (Å²) < 4.78 is 0. The molecule has 0 unspecified atom stereocenters. The van der Waals surface area contributed by atoms with Crippen LogP contribution in [-0.4, -0.2) is 44.3 Å². The van der Waals surface area contributed by atoms with E-state index in [1.165, 1.54) is 0 Å². The van der Waals surface area contributed by atoms with Crippen molar-refractivity contribution in [1.82, 2.24) is 25.3 Å². The van der Waals surface area contributed by atoms with Crippen LogP contribution in [0.1, 0.15) is 23.2 Å². The Morgan fingerprint density at radius 1 is 1.53 bits per heavy atom. The quantitative estimate of drug-likeness (QED) is 0.766. The van der Waals surface area contributed by atoms with Gasteiger partial charge in [-0.2, -0.15) is 10.3 Å². The van der Waals surface area contributed by atoms with E-state index in [-0.39, 0.29) is 11.8 Å². The molecule has 1 N–H and O–H groups in total. The molecule has 19 heavy (non-hydrogen) atoms. The smallest absolute Gasteiger partial charge is 0.256 e. The second-order valence-electron chi connectivity index (χ2n) is 4.61. The number of carbonyl (C=O) groups excluding carboxylic acids is 1. The van der Waals surface area contributed by atoms with Crippen LogP contribution in [-0.2, 0) is 0 Å². The lowest BCUT2D eigenvalue weighted by Gasteiger charge is -2.30. The molecule has 1 atom stereocenters. The first kappa shape index (κ1) is 11.7. The number of likely N-dealkylation sites (tertiary alicyclic amines) is 1. The maximum absolute atomic E-state index is 12.5. The van der Waals surface area contributed by atoms with Crippen LogP contribution in [0.3, 0.4) is 0 Å². The Morgan fingerprint density at radius 2 is 2.42 bits per heavy atom. The highest BCUT2D eigenvalue weighted by Gasteiger charge is 2.25. The number of amides is 1. The SMILES string of the molecule is C#C[C@@H]1CCCN(C(=O)c2ccnc3n[nH]nc23)C1. The van der Waals surface area contributed by atoms with Crippen molar-refractivity contribution >= 4 is 17.1 Å². The summed E-state index contributed by atoms with van der Waals surface area (Å²) >= 11 is 0. The largest absolute Gasteiger partial charge is 0.337 e. The van der Waals surface area contributed by atoms with Crippen LogP contribution >= 0.6 is 0 Å². The molecule has 1 aliphatic rings. The molecule has 6 heteroatoms. The fourth-order valence-electron chi connectivity index (χ4n) is 2.40. The zero-order chi connectivity index (χ0) is 13.2. The van der Waals surface area contributed by atoms with Crippen molar-refractivity contribution in [3.05, 3.63) is 17.8 Å². The molecule has 0 aliphatic carbocycles. The number of terminal acetylenes is 1. The van der Waals surface area contributed by atoms with E-state index in [2.05, 4.69) is 26.3 Å². The molecular formula is C13H13N5O. The van der Waals surface area contributed by atoms with E-state index in [0.29, 0.717) is 23.3 Å². The molecule has 0 aromatic carbocycles. The van der Waals surface area contributed by atoms with E-state index < -0.39 is 0 Å². The molecule has 0 radical (unpaired) electrons. The standard InChI is InChI=1S/C13H13N5O/c1-2-9-4-3-7-18(8-9)13(19)10-5-6-14-12-11(10)15-17-16-12/h1,5-6,9H,3-4,7-8H2,(H,14,15,16,17)/t9-/m1/s1. The lowest BCUT2D eigenvalue weighted by Crippen LogP contribution is -2.39. The van der Waals surface area contributed by atoms with Gasteiger partial charge in [-0.25, -0.2) is 4.98 Å². The molecule has 1 saturated heterocycles. The minimum Gasteiger partial charge on any atom is -0.337 e. The van der Waals surface area contributed by atoms with Gasteiger partial charge >= 0.3 is 0 Å². The van der Waals surface area contributed by atoms with Crippen LogP contribution in [0.2, 0.25) is 0 Å². The molecule has 2 aromatic rings. The van der Waals surface area contributed by atoms with Gasteiger partial charge in [-0.15, -0.1) is 17.4 Å². The van der Waals surface area contributed by atoms with Crippen molar-refractivity contribution in [1.29, 1.82) is 0 Å². The lowest BCUT2D eigenvalue weighted by molar-refractivity contribution is 0.0701. The molecule has 96 valence electrons. The number of pyridine rings is 1. The van der Waals surface area contributed by atoms with Crippen LogP contribution < -0.4 is 0 Å². The lowest BCUT2D eigenvalue weighted by atomic mass is 9.98. The Labute approximate surface area is 110 Å². The number of carbonyl (C=O) groups is 1. The maximum Gasteiger partial charge on any atom is 0.256 e. The molecule has 1 amide bonds. The van der Waals surface area contributed by atoms with Gasteiger partial charge in [0.25, 0.3) is 5.91 Å². The third kappa shape index (κ3) is 2.03. The normalized spacial score (nSPS) is 19.3. The van der Waals surface area contributed by atoms with E-state index in [9.17, 15) is 4.79 Å². The second kappa shape index (κ2) is 4.69. The summed E-state index contributed by atoms with van der Waals surface area (Å²) in [5, 5.41) is 10.4. The van der Waals surface area contributed by atoms with E-state index in [1.807, 2.05) is 0 Å². The number of piperidine rings is 1. The number of hydrogen-bond acceptors (Lipinski definition) is 4. The van der Waals surface area contributed by atoms with Gasteiger partial charge in [-0.3, -0.25) is 4.79 Å². The van der Waals surface area contributed by atoms with Crippen molar-refractivity contribution in [2.24, 2.45) is 5.92 Å². The molecule has 0 bridgehead atoms. The van der Waals surface area contributed by atoms with Crippen LogP contribution in [0.25, 0.3) is 11.2 Å². The van der Waals surface area contributed by atoms with Crippen molar-refractivity contribution in [3.63, 3.8) is 0 Å². The molecule has 6 nitrogen and oxygen atoms in total. The number of nitrogens with one attached hydrogen (secondary N) is 1. The summed E-state index contributed by atoms with van der Waals surface area (Å²) in [6.07, 6.45) is 8.94. The van der Waals surface area contributed by atoms with E-state index in [4.69, 9.17) is 6.42 Å². The summed E-state index contributed by atoms with van der Waals surface area (Å²) in [4.78, 5) is 18.4. The summed E-state index contributed by atoms with van der Waals surface area (Å²) in [7, 11) is 0. The third-order valence-electron chi connectivity index (χ3n) is 3.40. The third-order valence-corrected chi connectivity index (χ3v) is 3.40. The van der Waals surface area contributed by atoms with Crippen LogP contribution in [0.5, 0.6) is 0 Å². The Morgan fingerprint density at radius 3 is 3.26 bits per heavy atom. The van der Waals surface area contributed by atoms with Crippen molar-refractivity contribution < 1.29 is 4.79 Å². The van der Waals surface area contributed by atoms with Gasteiger partial charge in [0.15, 0.2) is 0 Å². The predicted octanol–water partition coefficient (Wildman–Crippen LogP) is 0.838. The summed E-state index contributed by atoms with van der Waals surface area (Å²) in [6, 6.07) is 1.67. The summed E-state index contributed by atoms with van der Waals surface area (Å²) in [6.45, 7) is 1.34. The van der Waals surface area contributed by atoms with Crippen LogP contribution in [0.15, 0.2) is 12.3 Å². The number of aromatic nitrogens is 4. The van der Waals surface area contributed by atoms with Crippen LogP contribution in [0, 0.1) is 18.3 Å². The molecule has 3 rings (SSSR count). The van der Waals surface area contributed by atoms with Gasteiger partial charge in [-0.05, 0) is 18.9 Å². The minimum absolute atomic E-state index is 0.0544. The minimum atomic E-state index is -0.0544. The Bertz CT molecular complexity index is 656. The maximum atomic E-state index is 12.5. The first-order valence-electron chi connectivity index (χ1n) is 6.20. The van der Waals surface area contributed by atoms with Crippen LogP contribution in [0.4, 0.5) is 0 Å². The fraction of sp³-hybridized carbons (Fsp3) is 0.385. The molecule has 2 aromatic heterocycles. The molecule has 3 heterocycles. The van der Waals surface area contributed by atoms with Crippen molar-refractivity contribution in [2.75, 3.05) is 13.1 Å². The molecule has 0 saturated carbocycles. The average Bonchev–Trinajstić information content (AvgIpc) is 2.95. The van der Waals surface area contributed by atoms with Gasteiger partial charge in [0.2, 0.25) is 5.65 Å². The Balaban J connectivity index is 1.91. The zero-order valence-corrected chi connectivity index (χ0v) is 10.3. The Hall–Kier alpha value is -2.42. The molecular weight excluding hydrogens is 242 g/mol. The van der Waals surface area contributed by atoms with Gasteiger partial charge in [0.05, 0.1) is 5.56 Å². The highest BCUT2D eigenvalue weighted by Crippen LogP contribution is 2.20. The van der Waals surface area contributed by atoms with Gasteiger partial charge in [0.1, 0.15) is 5.52 Å². The monoisotopic (exact) mass is 255 g/mol. The summed E-state index contributed by atoms with van der Waals surface area (Å²) in [5.41, 5.74) is 1.49. The highest BCUT2D eigenvalue weighted by molar-refractivity contribution is 6.03. The van der Waals surface area contributed by atoms with Crippen molar-refractivity contribution in [2.45, 2.75) is 12.8 Å². The Kier molecular flexibility index (Phi) is 2.88. The topological polar surface area (TPSA) is 74.8 Å². The summed E-state index contributed by atoms with van der Waals surface area (Å²) in [5.74, 6) is 2.82. The molecule has 1 fully saturated rings. The predicted molar refractivity (Wildman–Crippen MR) is 69.1 cm³/mol. The van der Waals surface area contributed by atoms with Gasteiger partial charge in [-0.1, -0.05) is 0 Å². The second-order valence-corrected chi connectivity index (χ2v) is 4.61. The number of hydrogen-bond donors (Lipinski definition) is 1. The number of nitrogens with zero attached hydrogens (tertiary/aromatic N) is 4. The number of rotatable bonds is 1. The zero-order valence-electron chi connectivity index (χ0n) is 10.3. The van der Waals surface area contributed by atoms with E-state index >= 15 is 0 Å². The first-order valence-corrected chi connectivity index (χ1v) is 6.20. The van der Waals surface area contributed by atoms with Crippen molar-refractivity contribution in [3.8, 4) is 12.3 Å². The fourth-order valence-corrected chi connectivity index (χ4v) is 2.40. The van der Waals surface area contributed by atoms with E-state index in [1.54, 1.807) is 17.2 Å². The van der Waals surface area contributed by atoms with E-state index in [0.717, 1.165) is 19.4 Å². The first-order chi connectivity index (χ1) is 9.29. The van der Waals surface area contributed by atoms with Gasteiger partial charge < -0.3 is 4.90 Å². The number of H-pyrrole nitrogens is 1. The highest BCUT2D eigenvalue weighted by atomic mass is 16.2. The van der Waals surface area contributed by atoms with Gasteiger partial charge in [0, 0.05) is 25.2 Å². The number of aromatic amines is 1.